The van der Waals surface area contributed by atoms with Crippen LogP contribution in [0.3, 0.4) is 0 Å². The number of nitrogens with zero attached hydrogens (tertiary/aromatic N) is 3. The van der Waals surface area contributed by atoms with Crippen molar-refractivity contribution in [3.05, 3.63) is 64.6 Å². The lowest BCUT2D eigenvalue weighted by molar-refractivity contribution is -0.113. The highest BCUT2D eigenvalue weighted by atomic mass is 32.2. The number of ether oxygens (including phenoxy) is 2. The molecule has 0 fully saturated rings. The molecule has 2 N–H and O–H groups in total. The van der Waals surface area contributed by atoms with Crippen molar-refractivity contribution in [3.8, 4) is 17.2 Å². The summed E-state index contributed by atoms with van der Waals surface area (Å²) in [5, 5.41) is 10.3. The molecule has 0 atom stereocenters. The van der Waals surface area contributed by atoms with Crippen molar-refractivity contribution in [2.75, 3.05) is 25.3 Å². The zero-order valence-corrected chi connectivity index (χ0v) is 18.5. The maximum absolute atomic E-state index is 13.1. The second-order valence-corrected chi connectivity index (χ2v) is 7.84. The molecule has 0 saturated heterocycles. The number of H-pyrrole nitrogens is 1. The number of aromatic amines is 1. The summed E-state index contributed by atoms with van der Waals surface area (Å²) in [6, 6.07) is 12.7. The molecule has 4 rings (SSSR count). The molecule has 0 aliphatic carbocycles. The topological polar surface area (TPSA) is 111 Å². The Morgan fingerprint density at radius 1 is 1.19 bits per heavy atom. The summed E-state index contributed by atoms with van der Waals surface area (Å²) in [6.07, 6.45) is 1.52. The Kier molecular flexibility index (Phi) is 6.13. The SMILES string of the molecule is COc1ccc(OC)c(NC(=O)CSc2nc3n[nH]cc3c(=O)n2-c2cccc(C)c2)c1. The number of nitrogens with one attached hydrogen (secondary N) is 2. The summed E-state index contributed by atoms with van der Waals surface area (Å²) >= 11 is 1.14. The minimum atomic E-state index is -0.284. The number of carbonyl (C=O) groups excluding carboxylic acids is 1. The Morgan fingerprint density at radius 2 is 2.03 bits per heavy atom. The van der Waals surface area contributed by atoms with Gasteiger partial charge in [0.15, 0.2) is 10.8 Å². The van der Waals surface area contributed by atoms with Gasteiger partial charge in [-0.3, -0.25) is 19.3 Å². The fourth-order valence-corrected chi connectivity index (χ4v) is 3.99. The molecule has 0 spiro atoms. The van der Waals surface area contributed by atoms with E-state index in [4.69, 9.17) is 9.47 Å². The van der Waals surface area contributed by atoms with E-state index in [1.807, 2.05) is 31.2 Å². The van der Waals surface area contributed by atoms with E-state index in [1.165, 1.54) is 17.9 Å². The fourth-order valence-electron chi connectivity index (χ4n) is 3.19. The van der Waals surface area contributed by atoms with E-state index in [9.17, 15) is 9.59 Å². The van der Waals surface area contributed by atoms with Gasteiger partial charge in [0, 0.05) is 12.3 Å². The number of rotatable bonds is 7. The molecular weight excluding hydrogens is 430 g/mol. The number of hydrogen-bond acceptors (Lipinski definition) is 7. The first-order valence-electron chi connectivity index (χ1n) is 9.68. The zero-order valence-electron chi connectivity index (χ0n) is 17.7. The Hall–Kier alpha value is -3.79. The van der Waals surface area contributed by atoms with Gasteiger partial charge in [-0.25, -0.2) is 4.98 Å². The molecule has 9 nitrogen and oxygen atoms in total. The molecule has 0 saturated carbocycles. The summed E-state index contributed by atoms with van der Waals surface area (Å²) in [4.78, 5) is 30.3. The number of aromatic nitrogens is 4. The van der Waals surface area contributed by atoms with Crippen molar-refractivity contribution in [3.63, 3.8) is 0 Å². The summed E-state index contributed by atoms with van der Waals surface area (Å²) in [5.41, 5.74) is 2.20. The smallest absolute Gasteiger partial charge is 0.269 e. The van der Waals surface area contributed by atoms with Gasteiger partial charge in [-0.2, -0.15) is 5.10 Å². The van der Waals surface area contributed by atoms with Crippen LogP contribution in [0.25, 0.3) is 16.7 Å². The zero-order chi connectivity index (χ0) is 22.7. The predicted molar refractivity (Wildman–Crippen MR) is 123 cm³/mol. The summed E-state index contributed by atoms with van der Waals surface area (Å²) in [7, 11) is 3.07. The van der Waals surface area contributed by atoms with Gasteiger partial charge in [-0.1, -0.05) is 23.9 Å². The van der Waals surface area contributed by atoms with Crippen molar-refractivity contribution in [1.82, 2.24) is 19.7 Å². The van der Waals surface area contributed by atoms with Crippen molar-refractivity contribution in [2.45, 2.75) is 12.1 Å². The molecule has 0 radical (unpaired) electrons. The van der Waals surface area contributed by atoms with Gasteiger partial charge in [0.05, 0.1) is 31.3 Å². The van der Waals surface area contributed by atoms with Crippen LogP contribution in [-0.4, -0.2) is 45.6 Å². The van der Waals surface area contributed by atoms with Gasteiger partial charge in [-0.05, 0) is 36.8 Å². The highest BCUT2D eigenvalue weighted by Gasteiger charge is 2.17. The van der Waals surface area contributed by atoms with Gasteiger partial charge in [-0.15, -0.1) is 0 Å². The van der Waals surface area contributed by atoms with Crippen LogP contribution in [-0.2, 0) is 4.79 Å². The highest BCUT2D eigenvalue weighted by Crippen LogP contribution is 2.29. The molecule has 32 heavy (non-hydrogen) atoms. The highest BCUT2D eigenvalue weighted by molar-refractivity contribution is 7.99. The molecule has 10 heteroatoms. The maximum Gasteiger partial charge on any atom is 0.269 e. The Labute approximate surface area is 187 Å². The number of methoxy groups -OCH3 is 2. The number of anilines is 1. The third-order valence-electron chi connectivity index (χ3n) is 4.72. The second kappa shape index (κ2) is 9.15. The van der Waals surface area contributed by atoms with Gasteiger partial charge in [0.25, 0.3) is 5.56 Å². The van der Waals surface area contributed by atoms with E-state index in [2.05, 4.69) is 20.5 Å². The summed E-state index contributed by atoms with van der Waals surface area (Å²) in [5.74, 6) is 0.840. The van der Waals surface area contributed by atoms with Crippen molar-refractivity contribution in [1.29, 1.82) is 0 Å². The number of fused-ring (bicyclic) bond motifs is 1. The van der Waals surface area contributed by atoms with Crippen LogP contribution >= 0.6 is 11.8 Å². The molecule has 2 aromatic heterocycles. The normalized spacial score (nSPS) is 10.8. The van der Waals surface area contributed by atoms with Crippen LogP contribution in [0.4, 0.5) is 5.69 Å². The molecule has 0 bridgehead atoms. The van der Waals surface area contributed by atoms with Crippen molar-refractivity contribution < 1.29 is 14.3 Å². The first kappa shape index (κ1) is 21.4. The minimum absolute atomic E-state index is 0.0224. The molecule has 1 amide bonds. The quantitative estimate of drug-likeness (QED) is 0.328. The standard InChI is InChI=1S/C22H21N5O4S/c1-13-5-4-6-14(9-13)27-21(29)16-11-23-26-20(16)25-22(27)32-12-19(28)24-17-10-15(30-2)7-8-18(17)31-3/h4-11H,12H2,1-3H3,(H,23,26)(H,24,28). The third-order valence-corrected chi connectivity index (χ3v) is 5.66. The predicted octanol–water partition coefficient (Wildman–Crippen LogP) is 3.17. The van der Waals surface area contributed by atoms with Gasteiger partial charge >= 0.3 is 0 Å². The molecule has 0 aliphatic rings. The lowest BCUT2D eigenvalue weighted by Gasteiger charge is -2.13. The molecule has 164 valence electrons. The van der Waals surface area contributed by atoms with Gasteiger partial charge in [0.2, 0.25) is 5.91 Å². The Bertz CT molecular complexity index is 1350. The molecule has 2 aromatic carbocycles. The van der Waals surface area contributed by atoms with Crippen LogP contribution in [0, 0.1) is 6.92 Å². The molecule has 0 aliphatic heterocycles. The molecule has 0 unspecified atom stereocenters. The van der Waals surface area contributed by atoms with Gasteiger partial charge < -0.3 is 14.8 Å². The van der Waals surface area contributed by atoms with Crippen molar-refractivity contribution in [2.24, 2.45) is 0 Å². The average Bonchev–Trinajstić information content (AvgIpc) is 3.26. The first-order chi connectivity index (χ1) is 15.5. The monoisotopic (exact) mass is 451 g/mol. The second-order valence-electron chi connectivity index (χ2n) is 6.90. The van der Waals surface area contributed by atoms with Gasteiger partial charge in [0.1, 0.15) is 16.9 Å². The fraction of sp³-hybridized carbons (Fsp3) is 0.182. The van der Waals surface area contributed by atoms with E-state index in [0.29, 0.717) is 39.1 Å². The first-order valence-corrected chi connectivity index (χ1v) is 10.7. The lowest BCUT2D eigenvalue weighted by atomic mass is 10.2. The number of amides is 1. The summed E-state index contributed by atoms with van der Waals surface area (Å²) in [6.45, 7) is 1.94. The molecule has 2 heterocycles. The van der Waals surface area contributed by atoms with E-state index < -0.39 is 0 Å². The van der Waals surface area contributed by atoms with E-state index in [1.54, 1.807) is 25.3 Å². The lowest BCUT2D eigenvalue weighted by Crippen LogP contribution is -2.22. The number of thioether (sulfide) groups is 1. The third kappa shape index (κ3) is 4.30. The minimum Gasteiger partial charge on any atom is -0.497 e. The Morgan fingerprint density at radius 3 is 2.78 bits per heavy atom. The number of hydrogen-bond donors (Lipinski definition) is 2. The van der Waals surface area contributed by atoms with Crippen LogP contribution in [0.2, 0.25) is 0 Å². The van der Waals surface area contributed by atoms with Crippen molar-refractivity contribution >= 4 is 34.4 Å². The van der Waals surface area contributed by atoms with Crippen LogP contribution in [0.1, 0.15) is 5.56 Å². The van der Waals surface area contributed by atoms with E-state index in [-0.39, 0.29) is 17.2 Å². The maximum atomic E-state index is 13.1. The largest absolute Gasteiger partial charge is 0.497 e. The number of benzene rings is 2. The molecular formula is C22H21N5O4S. The van der Waals surface area contributed by atoms with Crippen LogP contribution in [0.15, 0.2) is 58.6 Å². The van der Waals surface area contributed by atoms with Crippen LogP contribution < -0.4 is 20.3 Å². The summed E-state index contributed by atoms with van der Waals surface area (Å²) < 4.78 is 12.0. The Balaban J connectivity index is 1.63. The van der Waals surface area contributed by atoms with E-state index >= 15 is 0 Å². The van der Waals surface area contributed by atoms with E-state index in [0.717, 1.165) is 17.3 Å². The van der Waals surface area contributed by atoms with Crippen LogP contribution in [0.5, 0.6) is 11.5 Å². The number of carbonyl (C=O) groups is 1. The number of aryl methyl sites for hydroxylation is 1. The molecule has 4 aromatic rings. The average molecular weight is 452 g/mol.